The van der Waals surface area contributed by atoms with Gasteiger partial charge in [0.05, 0.1) is 0 Å². The van der Waals surface area contributed by atoms with E-state index in [-0.39, 0.29) is 5.13 Å². The van der Waals surface area contributed by atoms with Crippen molar-refractivity contribution < 1.29 is 13.2 Å². The molecule has 0 bridgehead atoms. The first-order valence-electron chi connectivity index (χ1n) is 5.78. The van der Waals surface area contributed by atoms with Crippen molar-refractivity contribution in [1.29, 1.82) is 0 Å². The standard InChI is InChI=1S/C10H15F3N4S/c1-17-4-2-7(3-5-17)6-14-9-15-8(16-18-9)10(11,12)13/h7H,2-6H2,1H3,(H,14,15,16). The van der Waals surface area contributed by atoms with Gasteiger partial charge in [-0.05, 0) is 38.9 Å². The Morgan fingerprint density at radius 3 is 2.61 bits per heavy atom. The van der Waals surface area contributed by atoms with Gasteiger partial charge in [0.15, 0.2) is 0 Å². The van der Waals surface area contributed by atoms with Gasteiger partial charge in [-0.2, -0.15) is 22.5 Å². The number of aromatic nitrogens is 2. The average molecular weight is 280 g/mol. The molecular formula is C10H15F3N4S. The maximum absolute atomic E-state index is 12.3. The number of rotatable bonds is 3. The Bertz CT molecular complexity index is 385. The van der Waals surface area contributed by atoms with Crippen molar-refractivity contribution in [2.45, 2.75) is 19.0 Å². The van der Waals surface area contributed by atoms with Crippen molar-refractivity contribution in [3.63, 3.8) is 0 Å². The number of piperidine rings is 1. The molecule has 0 unspecified atom stereocenters. The molecule has 0 atom stereocenters. The average Bonchev–Trinajstić information content (AvgIpc) is 2.77. The number of likely N-dealkylation sites (tertiary alicyclic amines) is 1. The van der Waals surface area contributed by atoms with E-state index in [1.807, 2.05) is 0 Å². The Kier molecular flexibility index (Phi) is 4.06. The Balaban J connectivity index is 1.82. The van der Waals surface area contributed by atoms with E-state index >= 15 is 0 Å². The molecule has 1 aromatic rings. The maximum Gasteiger partial charge on any atom is 0.452 e. The van der Waals surface area contributed by atoms with Crippen molar-refractivity contribution in [1.82, 2.24) is 14.3 Å². The summed E-state index contributed by atoms with van der Waals surface area (Å²) in [6.45, 7) is 2.74. The van der Waals surface area contributed by atoms with Crippen LogP contribution in [0.25, 0.3) is 0 Å². The van der Waals surface area contributed by atoms with Crippen molar-refractivity contribution in [2.75, 3.05) is 32.0 Å². The molecule has 8 heteroatoms. The van der Waals surface area contributed by atoms with Crippen LogP contribution < -0.4 is 5.32 Å². The third-order valence-corrected chi connectivity index (χ3v) is 3.73. The minimum absolute atomic E-state index is 0.251. The molecule has 2 heterocycles. The fourth-order valence-corrected chi connectivity index (χ4v) is 2.50. The topological polar surface area (TPSA) is 41.0 Å². The third kappa shape index (κ3) is 3.55. The largest absolute Gasteiger partial charge is 0.452 e. The van der Waals surface area contributed by atoms with E-state index in [9.17, 15) is 13.2 Å². The van der Waals surface area contributed by atoms with Crippen LogP contribution >= 0.6 is 11.5 Å². The van der Waals surface area contributed by atoms with Crippen LogP contribution in [0.4, 0.5) is 18.3 Å². The molecule has 102 valence electrons. The predicted octanol–water partition coefficient (Wildman–Crippen LogP) is 2.31. The van der Waals surface area contributed by atoms with E-state index in [2.05, 4.69) is 26.6 Å². The molecule has 1 fully saturated rings. The molecule has 0 aromatic carbocycles. The number of hydrogen-bond donors (Lipinski definition) is 1. The summed E-state index contributed by atoms with van der Waals surface area (Å²) in [7, 11) is 2.07. The van der Waals surface area contributed by atoms with Crippen LogP contribution in [-0.2, 0) is 6.18 Å². The quantitative estimate of drug-likeness (QED) is 0.922. The summed E-state index contributed by atoms with van der Waals surface area (Å²) >= 11 is 0.763. The lowest BCUT2D eigenvalue weighted by Gasteiger charge is -2.28. The van der Waals surface area contributed by atoms with E-state index in [0.717, 1.165) is 37.5 Å². The molecule has 2 rings (SSSR count). The van der Waals surface area contributed by atoms with Crippen molar-refractivity contribution in [3.05, 3.63) is 5.82 Å². The fourth-order valence-electron chi connectivity index (χ4n) is 1.91. The molecule has 0 spiro atoms. The van der Waals surface area contributed by atoms with Crippen LogP contribution in [0.2, 0.25) is 0 Å². The van der Waals surface area contributed by atoms with E-state index in [1.54, 1.807) is 0 Å². The van der Waals surface area contributed by atoms with Crippen LogP contribution in [0.15, 0.2) is 0 Å². The van der Waals surface area contributed by atoms with Gasteiger partial charge < -0.3 is 10.2 Å². The second-order valence-corrected chi connectivity index (χ2v) is 5.30. The van der Waals surface area contributed by atoms with Crippen LogP contribution in [0.5, 0.6) is 0 Å². The molecule has 0 saturated carbocycles. The number of nitrogens with one attached hydrogen (secondary N) is 1. The predicted molar refractivity (Wildman–Crippen MR) is 63.6 cm³/mol. The first-order chi connectivity index (χ1) is 8.45. The van der Waals surface area contributed by atoms with Crippen LogP contribution in [0.1, 0.15) is 18.7 Å². The van der Waals surface area contributed by atoms with Crippen molar-refractivity contribution >= 4 is 16.7 Å². The summed E-state index contributed by atoms with van der Waals surface area (Å²) < 4.78 is 40.2. The van der Waals surface area contributed by atoms with E-state index in [1.165, 1.54) is 0 Å². The molecule has 1 saturated heterocycles. The number of nitrogens with zero attached hydrogens (tertiary/aromatic N) is 3. The highest BCUT2D eigenvalue weighted by molar-refractivity contribution is 7.09. The van der Waals surface area contributed by atoms with Crippen LogP contribution in [-0.4, -0.2) is 40.9 Å². The molecule has 1 aliphatic heterocycles. The van der Waals surface area contributed by atoms with Crippen molar-refractivity contribution in [2.24, 2.45) is 5.92 Å². The van der Waals surface area contributed by atoms with Crippen LogP contribution in [0.3, 0.4) is 0 Å². The fraction of sp³-hybridized carbons (Fsp3) is 0.800. The van der Waals surface area contributed by atoms with Gasteiger partial charge in [-0.15, -0.1) is 0 Å². The van der Waals surface area contributed by atoms with Gasteiger partial charge in [-0.1, -0.05) is 0 Å². The zero-order valence-corrected chi connectivity index (χ0v) is 10.8. The lowest BCUT2D eigenvalue weighted by Crippen LogP contribution is -2.32. The molecule has 1 N–H and O–H groups in total. The smallest absolute Gasteiger partial charge is 0.360 e. The highest BCUT2D eigenvalue weighted by Crippen LogP contribution is 2.29. The van der Waals surface area contributed by atoms with Crippen LogP contribution in [0, 0.1) is 5.92 Å². The minimum Gasteiger partial charge on any atom is -0.360 e. The Labute approximate surface area is 107 Å². The first-order valence-corrected chi connectivity index (χ1v) is 6.56. The van der Waals surface area contributed by atoms with Gasteiger partial charge in [0.1, 0.15) is 0 Å². The van der Waals surface area contributed by atoms with Gasteiger partial charge in [0, 0.05) is 18.1 Å². The number of hydrogen-bond acceptors (Lipinski definition) is 5. The molecular weight excluding hydrogens is 265 g/mol. The number of halogens is 3. The summed E-state index contributed by atoms with van der Waals surface area (Å²) in [5.41, 5.74) is 0. The summed E-state index contributed by atoms with van der Waals surface area (Å²) in [6.07, 6.45) is -2.33. The SMILES string of the molecule is CN1CCC(CNc2nc(C(F)(F)F)ns2)CC1. The number of alkyl halides is 3. The second-order valence-electron chi connectivity index (χ2n) is 4.55. The van der Waals surface area contributed by atoms with Gasteiger partial charge in [-0.3, -0.25) is 0 Å². The molecule has 18 heavy (non-hydrogen) atoms. The Morgan fingerprint density at radius 1 is 1.39 bits per heavy atom. The molecule has 1 aromatic heterocycles. The van der Waals surface area contributed by atoms with Crippen molar-refractivity contribution in [3.8, 4) is 0 Å². The highest BCUT2D eigenvalue weighted by atomic mass is 32.1. The lowest BCUT2D eigenvalue weighted by atomic mass is 9.97. The van der Waals surface area contributed by atoms with Gasteiger partial charge in [0.25, 0.3) is 0 Å². The summed E-state index contributed by atoms with van der Waals surface area (Å²) in [4.78, 5) is 5.69. The minimum atomic E-state index is -4.45. The zero-order valence-electron chi connectivity index (χ0n) is 10.00. The highest BCUT2D eigenvalue weighted by Gasteiger charge is 2.36. The lowest BCUT2D eigenvalue weighted by molar-refractivity contribution is -0.144. The van der Waals surface area contributed by atoms with E-state index in [4.69, 9.17) is 0 Å². The molecule has 0 radical (unpaired) electrons. The van der Waals surface area contributed by atoms with Gasteiger partial charge in [-0.25, -0.2) is 0 Å². The monoisotopic (exact) mass is 280 g/mol. The molecule has 1 aliphatic rings. The van der Waals surface area contributed by atoms with E-state index < -0.39 is 12.0 Å². The van der Waals surface area contributed by atoms with Gasteiger partial charge in [0.2, 0.25) is 11.0 Å². The van der Waals surface area contributed by atoms with Gasteiger partial charge >= 0.3 is 6.18 Å². The Hall–Kier alpha value is -0.890. The zero-order chi connectivity index (χ0) is 13.2. The maximum atomic E-state index is 12.3. The third-order valence-electron chi connectivity index (χ3n) is 3.06. The second kappa shape index (κ2) is 5.40. The molecule has 0 amide bonds. The molecule has 0 aliphatic carbocycles. The molecule has 4 nitrogen and oxygen atoms in total. The Morgan fingerprint density at radius 2 is 2.06 bits per heavy atom. The summed E-state index contributed by atoms with van der Waals surface area (Å²) in [5, 5.41) is 3.20. The first kappa shape index (κ1) is 13.5. The number of anilines is 1. The normalized spacial score (nSPS) is 19.1. The summed E-state index contributed by atoms with van der Waals surface area (Å²) in [6, 6.07) is 0. The van der Waals surface area contributed by atoms with E-state index in [0.29, 0.717) is 12.5 Å². The summed E-state index contributed by atoms with van der Waals surface area (Å²) in [5.74, 6) is -0.558.